The maximum atomic E-state index is 13.4. The van der Waals surface area contributed by atoms with Crippen LogP contribution < -0.4 is 4.90 Å². The lowest BCUT2D eigenvalue weighted by Crippen LogP contribution is -2.49. The van der Waals surface area contributed by atoms with Gasteiger partial charge in [0.25, 0.3) is 5.91 Å². The zero-order valence-corrected chi connectivity index (χ0v) is 22.3. The topological polar surface area (TPSA) is 86.6 Å². The number of carbonyl (C=O) groups excluding carboxylic acids is 1. The summed E-state index contributed by atoms with van der Waals surface area (Å²) in [4.78, 5) is 37.8. The van der Waals surface area contributed by atoms with Crippen LogP contribution in [0.2, 0.25) is 0 Å². The third-order valence-electron chi connectivity index (χ3n) is 7.43. The molecule has 0 bridgehead atoms. The molecule has 4 aromatic rings. The van der Waals surface area contributed by atoms with Crippen LogP contribution in [0.4, 0.5) is 5.69 Å². The summed E-state index contributed by atoms with van der Waals surface area (Å²) < 4.78 is 0. The Morgan fingerprint density at radius 2 is 1.74 bits per heavy atom. The second-order valence-electron chi connectivity index (χ2n) is 10.2. The molecule has 7 heteroatoms. The molecule has 1 aliphatic heterocycles. The van der Waals surface area contributed by atoms with Gasteiger partial charge < -0.3 is 14.9 Å². The molecule has 0 atom stereocenters. The number of amides is 1. The SMILES string of the molecule is Cc1cnccc1N1CCN(C(=O)c2ccc3nc(Cc4ccccc4)c(CCCCC(=O)O)cc3c2)CC1. The Hall–Kier alpha value is -4.26. The zero-order chi connectivity index (χ0) is 27.2. The number of hydrogen-bond acceptors (Lipinski definition) is 5. The number of aliphatic carboxylic acids is 1. The molecule has 5 rings (SSSR count). The van der Waals surface area contributed by atoms with E-state index in [-0.39, 0.29) is 12.3 Å². The summed E-state index contributed by atoms with van der Waals surface area (Å²) in [5.41, 5.74) is 7.16. The molecule has 3 heterocycles. The first-order chi connectivity index (χ1) is 19.0. The van der Waals surface area contributed by atoms with Crippen LogP contribution >= 0.6 is 0 Å². The van der Waals surface area contributed by atoms with Crippen molar-refractivity contribution in [2.24, 2.45) is 0 Å². The van der Waals surface area contributed by atoms with Crippen molar-refractivity contribution < 1.29 is 14.7 Å². The van der Waals surface area contributed by atoms with Gasteiger partial charge >= 0.3 is 5.97 Å². The van der Waals surface area contributed by atoms with Crippen LogP contribution in [0, 0.1) is 6.92 Å². The number of carboxylic acid groups (broad SMARTS) is 1. The van der Waals surface area contributed by atoms with E-state index in [1.165, 1.54) is 11.3 Å². The number of rotatable bonds is 9. The molecule has 1 amide bonds. The Labute approximate surface area is 229 Å². The fourth-order valence-corrected chi connectivity index (χ4v) is 5.30. The van der Waals surface area contributed by atoms with Crippen LogP contribution in [0.3, 0.4) is 0 Å². The van der Waals surface area contributed by atoms with Crippen LogP contribution in [0.5, 0.6) is 0 Å². The van der Waals surface area contributed by atoms with E-state index < -0.39 is 5.97 Å². The predicted molar refractivity (Wildman–Crippen MR) is 153 cm³/mol. The zero-order valence-electron chi connectivity index (χ0n) is 22.3. The summed E-state index contributed by atoms with van der Waals surface area (Å²) in [6.07, 6.45) is 6.74. The Morgan fingerprint density at radius 1 is 0.949 bits per heavy atom. The average molecular weight is 523 g/mol. The Kier molecular flexibility index (Phi) is 8.16. The van der Waals surface area contributed by atoms with E-state index in [1.54, 1.807) is 0 Å². The van der Waals surface area contributed by atoms with Crippen molar-refractivity contribution in [3.05, 3.63) is 101 Å². The molecule has 2 aromatic carbocycles. The molecule has 0 saturated carbocycles. The molecule has 0 aliphatic carbocycles. The summed E-state index contributed by atoms with van der Waals surface area (Å²) >= 11 is 0. The van der Waals surface area contributed by atoms with Crippen LogP contribution in [-0.4, -0.2) is 58.0 Å². The molecule has 0 spiro atoms. The van der Waals surface area contributed by atoms with Crippen molar-refractivity contribution >= 4 is 28.5 Å². The minimum Gasteiger partial charge on any atom is -0.481 e. The molecular formula is C32H34N4O3. The van der Waals surface area contributed by atoms with E-state index >= 15 is 0 Å². The van der Waals surface area contributed by atoms with E-state index in [4.69, 9.17) is 10.1 Å². The number of carbonyl (C=O) groups is 2. The van der Waals surface area contributed by atoms with Gasteiger partial charge in [0.1, 0.15) is 0 Å². The van der Waals surface area contributed by atoms with E-state index in [0.29, 0.717) is 31.5 Å². The Bertz CT molecular complexity index is 1460. The average Bonchev–Trinajstić information content (AvgIpc) is 2.95. The number of fused-ring (bicyclic) bond motifs is 1. The lowest BCUT2D eigenvalue weighted by molar-refractivity contribution is -0.137. The quantitative estimate of drug-likeness (QED) is 0.301. The van der Waals surface area contributed by atoms with Gasteiger partial charge in [-0.25, -0.2) is 0 Å². The highest BCUT2D eigenvalue weighted by Crippen LogP contribution is 2.24. The molecule has 0 unspecified atom stereocenters. The van der Waals surface area contributed by atoms with Crippen molar-refractivity contribution in [3.8, 4) is 0 Å². The number of benzene rings is 2. The molecule has 1 N–H and O–H groups in total. The number of hydrogen-bond donors (Lipinski definition) is 1. The van der Waals surface area contributed by atoms with Crippen molar-refractivity contribution in [2.75, 3.05) is 31.1 Å². The van der Waals surface area contributed by atoms with Gasteiger partial charge in [-0.05, 0) is 73.2 Å². The fraction of sp³-hybridized carbons (Fsp3) is 0.312. The van der Waals surface area contributed by atoms with Crippen molar-refractivity contribution in [3.63, 3.8) is 0 Å². The monoisotopic (exact) mass is 522 g/mol. The molecule has 1 fully saturated rings. The van der Waals surface area contributed by atoms with Gasteiger partial charge in [-0.1, -0.05) is 30.3 Å². The summed E-state index contributed by atoms with van der Waals surface area (Å²) in [5.74, 6) is -0.726. The smallest absolute Gasteiger partial charge is 0.303 e. The van der Waals surface area contributed by atoms with Gasteiger partial charge in [-0.2, -0.15) is 0 Å². The van der Waals surface area contributed by atoms with Crippen LogP contribution in [-0.2, 0) is 17.6 Å². The largest absolute Gasteiger partial charge is 0.481 e. The van der Waals surface area contributed by atoms with Gasteiger partial charge in [0.2, 0.25) is 0 Å². The molecule has 200 valence electrons. The van der Waals surface area contributed by atoms with Crippen molar-refractivity contribution in [1.82, 2.24) is 14.9 Å². The van der Waals surface area contributed by atoms with E-state index in [0.717, 1.165) is 53.7 Å². The van der Waals surface area contributed by atoms with Gasteiger partial charge in [-0.3, -0.25) is 19.6 Å². The third-order valence-corrected chi connectivity index (χ3v) is 7.43. The Morgan fingerprint density at radius 3 is 2.49 bits per heavy atom. The van der Waals surface area contributed by atoms with Crippen LogP contribution in [0.15, 0.2) is 73.1 Å². The molecule has 1 aliphatic rings. The molecule has 1 saturated heterocycles. The summed E-state index contributed by atoms with van der Waals surface area (Å²) in [7, 11) is 0. The van der Waals surface area contributed by atoms with Gasteiger partial charge in [-0.15, -0.1) is 0 Å². The van der Waals surface area contributed by atoms with Gasteiger partial charge in [0.15, 0.2) is 0 Å². The number of aromatic nitrogens is 2. The summed E-state index contributed by atoms with van der Waals surface area (Å²) in [6, 6.07) is 20.2. The lowest BCUT2D eigenvalue weighted by atomic mass is 9.98. The van der Waals surface area contributed by atoms with Gasteiger partial charge in [0.05, 0.1) is 5.52 Å². The second kappa shape index (κ2) is 12.1. The van der Waals surface area contributed by atoms with E-state index in [9.17, 15) is 9.59 Å². The highest BCUT2D eigenvalue weighted by Gasteiger charge is 2.23. The number of carboxylic acids is 1. The number of pyridine rings is 2. The first-order valence-corrected chi connectivity index (χ1v) is 13.6. The number of nitrogens with zero attached hydrogens (tertiary/aromatic N) is 4. The highest BCUT2D eigenvalue weighted by atomic mass is 16.4. The van der Waals surface area contributed by atoms with Crippen LogP contribution in [0.1, 0.15) is 52.0 Å². The molecular weight excluding hydrogens is 488 g/mol. The van der Waals surface area contributed by atoms with Crippen molar-refractivity contribution in [2.45, 2.75) is 39.0 Å². The maximum absolute atomic E-state index is 13.4. The van der Waals surface area contributed by atoms with E-state index in [1.807, 2.05) is 59.8 Å². The summed E-state index contributed by atoms with van der Waals surface area (Å²) in [5, 5.41) is 9.96. The number of anilines is 1. The maximum Gasteiger partial charge on any atom is 0.303 e. The molecule has 0 radical (unpaired) electrons. The highest BCUT2D eigenvalue weighted by molar-refractivity contribution is 5.98. The van der Waals surface area contributed by atoms with Crippen molar-refractivity contribution in [1.29, 1.82) is 0 Å². The third kappa shape index (κ3) is 6.42. The standard InChI is InChI=1S/C32H34N4O3/c1-23-22-33-14-13-30(23)35-15-17-36(18-16-35)32(39)26-11-12-28-27(21-26)20-25(9-5-6-10-31(37)38)29(34-28)19-24-7-3-2-4-8-24/h2-4,7-8,11-14,20-22H,5-6,9-10,15-19H2,1H3,(H,37,38). The normalized spacial score (nSPS) is 13.6. The first-order valence-electron chi connectivity index (χ1n) is 13.6. The minimum atomic E-state index is -0.768. The van der Waals surface area contributed by atoms with Gasteiger partial charge in [0, 0.05) is 73.7 Å². The number of aryl methyl sites for hydroxylation is 2. The molecule has 7 nitrogen and oxygen atoms in total. The lowest BCUT2D eigenvalue weighted by Gasteiger charge is -2.36. The predicted octanol–water partition coefficient (Wildman–Crippen LogP) is 5.29. The fourth-order valence-electron chi connectivity index (χ4n) is 5.30. The number of unbranched alkanes of at least 4 members (excludes halogenated alkanes) is 1. The summed E-state index contributed by atoms with van der Waals surface area (Å²) in [6.45, 7) is 4.97. The molecule has 2 aromatic heterocycles. The number of piperazine rings is 1. The first kappa shape index (κ1) is 26.4. The Balaban J connectivity index is 1.34. The van der Waals surface area contributed by atoms with E-state index in [2.05, 4.69) is 35.0 Å². The molecule has 39 heavy (non-hydrogen) atoms. The minimum absolute atomic E-state index is 0.0411. The van der Waals surface area contributed by atoms with Crippen LogP contribution in [0.25, 0.3) is 10.9 Å². The second-order valence-corrected chi connectivity index (χ2v) is 10.2.